The molecule has 1 aliphatic rings. The van der Waals surface area contributed by atoms with E-state index in [2.05, 4.69) is 16.8 Å². The first kappa shape index (κ1) is 21.5. The molecule has 5 nitrogen and oxygen atoms in total. The third-order valence-electron chi connectivity index (χ3n) is 5.76. The first-order valence-corrected chi connectivity index (χ1v) is 10.7. The van der Waals surface area contributed by atoms with Gasteiger partial charge in [0, 0.05) is 43.3 Å². The number of ether oxygens (including phenoxy) is 1. The van der Waals surface area contributed by atoms with Gasteiger partial charge < -0.3 is 9.64 Å². The Morgan fingerprint density at radius 1 is 1.13 bits per heavy atom. The average molecular weight is 442 g/mol. The minimum Gasteiger partial charge on any atom is -0.481 e. The van der Waals surface area contributed by atoms with Crippen molar-refractivity contribution >= 4 is 28.4 Å². The lowest BCUT2D eigenvalue weighted by atomic mass is 10.1. The molecule has 2 heterocycles. The van der Waals surface area contributed by atoms with Crippen LogP contribution in [0.3, 0.4) is 0 Å². The zero-order chi connectivity index (χ0) is 22.0. The van der Waals surface area contributed by atoms with Crippen LogP contribution in [0.25, 0.3) is 10.9 Å². The monoisotopic (exact) mass is 441 g/mol. The summed E-state index contributed by atoms with van der Waals surface area (Å²) in [5, 5.41) is 1.40. The van der Waals surface area contributed by atoms with Crippen molar-refractivity contribution in [3.63, 3.8) is 0 Å². The summed E-state index contributed by atoms with van der Waals surface area (Å²) in [7, 11) is 0. The third kappa shape index (κ3) is 4.81. The number of benzene rings is 2. The molecule has 0 saturated carbocycles. The smallest absolute Gasteiger partial charge is 0.260 e. The Hall–Kier alpha value is -2.70. The lowest BCUT2D eigenvalue weighted by Gasteiger charge is -2.44. The number of fused-ring (bicyclic) bond motifs is 1. The molecule has 0 spiro atoms. The summed E-state index contributed by atoms with van der Waals surface area (Å²) in [6.07, 6.45) is 1.68. The molecular formula is C24H25ClFN3O2. The van der Waals surface area contributed by atoms with Gasteiger partial charge in [0.05, 0.1) is 5.02 Å². The number of rotatable bonds is 5. The van der Waals surface area contributed by atoms with Crippen LogP contribution in [-0.4, -0.2) is 52.5 Å². The first-order chi connectivity index (χ1) is 14.9. The Labute approximate surface area is 186 Å². The van der Waals surface area contributed by atoms with E-state index in [1.807, 2.05) is 36.1 Å². The Balaban J connectivity index is 1.39. The molecule has 4 rings (SSSR count). The molecule has 0 aliphatic carbocycles. The maximum Gasteiger partial charge on any atom is 0.260 e. The molecule has 0 radical (unpaired) electrons. The first-order valence-electron chi connectivity index (χ1n) is 10.4. The van der Waals surface area contributed by atoms with Crippen LogP contribution in [0, 0.1) is 5.82 Å². The summed E-state index contributed by atoms with van der Waals surface area (Å²) in [6, 6.07) is 14.0. The standard InChI is InChI=1S/C24H25ClFN3O2/c1-16-13-29(17(2)12-28(16)14-18-5-7-19(26)8-6-18)23(30)15-31-22-10-9-21(25)20-4-3-11-27-24(20)22/h3-11,16-17H,12-15H2,1-2H3. The molecule has 3 aromatic rings. The van der Waals surface area contributed by atoms with Crippen LogP contribution >= 0.6 is 11.6 Å². The fraction of sp³-hybridized carbons (Fsp3) is 0.333. The number of piperazine rings is 1. The quantitative estimate of drug-likeness (QED) is 0.583. The summed E-state index contributed by atoms with van der Waals surface area (Å²) >= 11 is 6.23. The summed E-state index contributed by atoms with van der Waals surface area (Å²) < 4.78 is 19.0. The van der Waals surface area contributed by atoms with Crippen molar-refractivity contribution in [1.29, 1.82) is 0 Å². The number of pyridine rings is 1. The Kier molecular flexibility index (Phi) is 6.39. The molecule has 1 aliphatic heterocycles. The Morgan fingerprint density at radius 3 is 2.68 bits per heavy atom. The van der Waals surface area contributed by atoms with E-state index in [4.69, 9.17) is 16.3 Å². The highest BCUT2D eigenvalue weighted by Gasteiger charge is 2.32. The highest BCUT2D eigenvalue weighted by Crippen LogP contribution is 2.29. The van der Waals surface area contributed by atoms with Gasteiger partial charge >= 0.3 is 0 Å². The molecule has 2 aromatic carbocycles. The molecule has 162 valence electrons. The van der Waals surface area contributed by atoms with Crippen molar-refractivity contribution in [2.75, 3.05) is 19.7 Å². The molecule has 2 unspecified atom stereocenters. The van der Waals surface area contributed by atoms with Gasteiger partial charge in [-0.15, -0.1) is 0 Å². The van der Waals surface area contributed by atoms with Crippen LogP contribution in [0.1, 0.15) is 19.4 Å². The Bertz CT molecular complexity index is 1080. The number of halogens is 2. The summed E-state index contributed by atoms with van der Waals surface area (Å²) in [6.45, 7) is 6.18. The average Bonchev–Trinajstić information content (AvgIpc) is 2.77. The predicted octanol–water partition coefficient (Wildman–Crippen LogP) is 4.53. The minimum absolute atomic E-state index is 0.0489. The van der Waals surface area contributed by atoms with Crippen molar-refractivity contribution in [3.8, 4) is 5.75 Å². The highest BCUT2D eigenvalue weighted by atomic mass is 35.5. The second kappa shape index (κ2) is 9.20. The highest BCUT2D eigenvalue weighted by molar-refractivity contribution is 6.35. The van der Waals surface area contributed by atoms with Gasteiger partial charge in [-0.25, -0.2) is 4.39 Å². The van der Waals surface area contributed by atoms with E-state index in [0.717, 1.165) is 24.0 Å². The summed E-state index contributed by atoms with van der Waals surface area (Å²) in [4.78, 5) is 21.5. The molecule has 7 heteroatoms. The van der Waals surface area contributed by atoms with Crippen molar-refractivity contribution in [2.24, 2.45) is 0 Å². The molecule has 1 amide bonds. The van der Waals surface area contributed by atoms with E-state index in [0.29, 0.717) is 22.8 Å². The van der Waals surface area contributed by atoms with Crippen LogP contribution < -0.4 is 4.74 Å². The zero-order valence-electron chi connectivity index (χ0n) is 17.6. The predicted molar refractivity (Wildman–Crippen MR) is 120 cm³/mol. The Morgan fingerprint density at radius 2 is 1.90 bits per heavy atom. The molecule has 1 aromatic heterocycles. The van der Waals surface area contributed by atoms with E-state index >= 15 is 0 Å². The molecule has 0 N–H and O–H groups in total. The van der Waals surface area contributed by atoms with Gasteiger partial charge in [-0.2, -0.15) is 0 Å². The normalized spacial score (nSPS) is 19.5. The second-order valence-corrected chi connectivity index (χ2v) is 8.44. The molecule has 2 atom stereocenters. The van der Waals surface area contributed by atoms with Gasteiger partial charge in [0.25, 0.3) is 5.91 Å². The van der Waals surface area contributed by atoms with E-state index < -0.39 is 0 Å². The lowest BCUT2D eigenvalue weighted by Crippen LogP contribution is -2.58. The number of carbonyl (C=O) groups excluding carboxylic acids is 1. The van der Waals surface area contributed by atoms with Crippen LogP contribution in [0.4, 0.5) is 4.39 Å². The van der Waals surface area contributed by atoms with Crippen molar-refractivity contribution in [3.05, 3.63) is 71.1 Å². The third-order valence-corrected chi connectivity index (χ3v) is 6.09. The SMILES string of the molecule is CC1CN(C(=O)COc2ccc(Cl)c3cccnc23)C(C)CN1Cc1ccc(F)cc1. The van der Waals surface area contributed by atoms with E-state index in [1.54, 1.807) is 18.3 Å². The molecule has 1 fully saturated rings. The number of amides is 1. The number of nitrogens with zero attached hydrogens (tertiary/aromatic N) is 3. The van der Waals surface area contributed by atoms with E-state index in [1.165, 1.54) is 12.1 Å². The van der Waals surface area contributed by atoms with Gasteiger partial charge in [-0.1, -0.05) is 23.7 Å². The van der Waals surface area contributed by atoms with Gasteiger partial charge in [-0.3, -0.25) is 14.7 Å². The van der Waals surface area contributed by atoms with Gasteiger partial charge in [0.1, 0.15) is 17.1 Å². The van der Waals surface area contributed by atoms with Gasteiger partial charge in [0.2, 0.25) is 0 Å². The maximum absolute atomic E-state index is 13.2. The topological polar surface area (TPSA) is 45.7 Å². The number of aromatic nitrogens is 1. The van der Waals surface area contributed by atoms with Crippen molar-refractivity contribution in [1.82, 2.24) is 14.8 Å². The summed E-state index contributed by atoms with van der Waals surface area (Å²) in [5.41, 5.74) is 1.71. The second-order valence-electron chi connectivity index (χ2n) is 8.03. The number of hydrogen-bond acceptors (Lipinski definition) is 4. The molecule has 1 saturated heterocycles. The van der Waals surface area contributed by atoms with Gasteiger partial charge in [0.15, 0.2) is 6.61 Å². The zero-order valence-corrected chi connectivity index (χ0v) is 18.3. The fourth-order valence-electron chi connectivity index (χ4n) is 4.04. The van der Waals surface area contributed by atoms with E-state index in [-0.39, 0.29) is 30.4 Å². The van der Waals surface area contributed by atoms with Gasteiger partial charge in [-0.05, 0) is 55.8 Å². The van der Waals surface area contributed by atoms with Crippen LogP contribution in [0.5, 0.6) is 5.75 Å². The van der Waals surface area contributed by atoms with Crippen molar-refractivity contribution < 1.29 is 13.9 Å². The maximum atomic E-state index is 13.2. The molecule has 31 heavy (non-hydrogen) atoms. The van der Waals surface area contributed by atoms with E-state index in [9.17, 15) is 9.18 Å². The summed E-state index contributed by atoms with van der Waals surface area (Å²) in [5.74, 6) is 0.257. The molecular weight excluding hydrogens is 417 g/mol. The van der Waals surface area contributed by atoms with Crippen LogP contribution in [0.15, 0.2) is 54.7 Å². The fourth-order valence-corrected chi connectivity index (χ4v) is 4.26. The van der Waals surface area contributed by atoms with Crippen LogP contribution in [0.2, 0.25) is 5.02 Å². The minimum atomic E-state index is -0.232. The number of hydrogen-bond donors (Lipinski definition) is 0. The lowest BCUT2D eigenvalue weighted by molar-refractivity contribution is -0.139. The largest absolute Gasteiger partial charge is 0.481 e. The van der Waals surface area contributed by atoms with Crippen LogP contribution in [-0.2, 0) is 11.3 Å². The van der Waals surface area contributed by atoms with Crippen molar-refractivity contribution in [2.45, 2.75) is 32.5 Å². The number of carbonyl (C=O) groups is 1. The molecule has 0 bridgehead atoms.